The van der Waals surface area contributed by atoms with E-state index in [1.165, 1.54) is 13.3 Å². The van der Waals surface area contributed by atoms with Crippen LogP contribution < -0.4 is 16.0 Å². The molecule has 3 N–H and O–H groups in total. The first-order valence-corrected chi connectivity index (χ1v) is 9.78. The number of nitrogens with zero attached hydrogens (tertiary/aromatic N) is 2. The molecule has 1 aromatic heterocycles. The lowest BCUT2D eigenvalue weighted by Crippen LogP contribution is -2.16. The molecule has 0 spiro atoms. The van der Waals surface area contributed by atoms with Gasteiger partial charge in [0.05, 0.1) is 6.42 Å². The minimum atomic E-state index is -0.127. The molecule has 0 aliphatic rings. The van der Waals surface area contributed by atoms with E-state index in [0.29, 0.717) is 11.5 Å². The maximum absolute atomic E-state index is 12.6. The van der Waals surface area contributed by atoms with E-state index in [9.17, 15) is 9.59 Å². The van der Waals surface area contributed by atoms with E-state index in [0.717, 1.165) is 34.6 Å². The van der Waals surface area contributed by atoms with Gasteiger partial charge >= 0.3 is 0 Å². The van der Waals surface area contributed by atoms with Crippen molar-refractivity contribution in [3.8, 4) is 0 Å². The van der Waals surface area contributed by atoms with Gasteiger partial charge in [0.15, 0.2) is 0 Å². The third kappa shape index (κ3) is 5.88. The van der Waals surface area contributed by atoms with Gasteiger partial charge in [-0.3, -0.25) is 9.59 Å². The molecule has 1 heterocycles. The van der Waals surface area contributed by atoms with E-state index < -0.39 is 0 Å². The molecule has 0 saturated carbocycles. The van der Waals surface area contributed by atoms with Crippen LogP contribution in [0.4, 0.5) is 22.9 Å². The summed E-state index contributed by atoms with van der Waals surface area (Å²) in [6, 6.07) is 15.0. The van der Waals surface area contributed by atoms with Crippen LogP contribution in [0, 0.1) is 6.92 Å². The van der Waals surface area contributed by atoms with Crippen molar-refractivity contribution in [2.24, 2.45) is 0 Å². The van der Waals surface area contributed by atoms with Crippen molar-refractivity contribution in [3.05, 3.63) is 71.7 Å². The summed E-state index contributed by atoms with van der Waals surface area (Å²) in [4.78, 5) is 32.0. The molecule has 3 rings (SSSR count). The van der Waals surface area contributed by atoms with Crippen molar-refractivity contribution < 1.29 is 9.59 Å². The largest absolute Gasteiger partial charge is 0.340 e. The Morgan fingerprint density at radius 1 is 0.933 bits per heavy atom. The molecule has 0 unspecified atom stereocenters. The number of hydrogen-bond donors (Lipinski definition) is 3. The fourth-order valence-corrected chi connectivity index (χ4v) is 3.04. The molecule has 0 aliphatic heterocycles. The molecule has 0 saturated heterocycles. The standard InChI is InChI=1S/C23H25N5O2/c1-4-18-7-10-20(27-22-11-15(2)24-14-25-22)13-21(18)28-23(30)12-17-5-8-19(9-6-17)26-16(3)29/h5-11,13-14H,4,12H2,1-3H3,(H,26,29)(H,28,30)(H,24,25,27). The summed E-state index contributed by atoms with van der Waals surface area (Å²) in [6.45, 7) is 5.41. The SMILES string of the molecule is CCc1ccc(Nc2cc(C)ncn2)cc1NC(=O)Cc1ccc(NC(C)=O)cc1. The van der Waals surface area contributed by atoms with Crippen LogP contribution in [0.15, 0.2) is 54.9 Å². The van der Waals surface area contributed by atoms with Crippen molar-refractivity contribution in [1.82, 2.24) is 9.97 Å². The molecule has 154 valence electrons. The van der Waals surface area contributed by atoms with Gasteiger partial charge in [-0.25, -0.2) is 9.97 Å². The lowest BCUT2D eigenvalue weighted by atomic mass is 10.1. The highest BCUT2D eigenvalue weighted by Gasteiger charge is 2.09. The Balaban J connectivity index is 1.69. The first-order valence-electron chi connectivity index (χ1n) is 9.78. The van der Waals surface area contributed by atoms with E-state index in [-0.39, 0.29) is 18.2 Å². The lowest BCUT2D eigenvalue weighted by Gasteiger charge is -2.13. The maximum atomic E-state index is 12.6. The Bertz CT molecular complexity index is 1050. The van der Waals surface area contributed by atoms with Gasteiger partial charge in [0.1, 0.15) is 12.1 Å². The van der Waals surface area contributed by atoms with Gasteiger partial charge in [0.25, 0.3) is 0 Å². The molecule has 7 heteroatoms. The number of aromatic nitrogens is 2. The van der Waals surface area contributed by atoms with Gasteiger partial charge in [-0.2, -0.15) is 0 Å². The second-order valence-electron chi connectivity index (χ2n) is 7.00. The Kier molecular flexibility index (Phi) is 6.75. The molecular weight excluding hydrogens is 378 g/mol. The number of rotatable bonds is 7. The number of anilines is 4. The zero-order chi connectivity index (χ0) is 21.5. The first-order chi connectivity index (χ1) is 14.4. The van der Waals surface area contributed by atoms with E-state index in [2.05, 4.69) is 25.9 Å². The number of amides is 2. The molecule has 0 fully saturated rings. The lowest BCUT2D eigenvalue weighted by molar-refractivity contribution is -0.116. The molecule has 2 amide bonds. The number of aryl methyl sites for hydroxylation is 2. The van der Waals surface area contributed by atoms with Crippen molar-refractivity contribution >= 4 is 34.7 Å². The number of carbonyl (C=O) groups is 2. The highest BCUT2D eigenvalue weighted by Crippen LogP contribution is 2.24. The van der Waals surface area contributed by atoms with Crippen molar-refractivity contribution in [2.75, 3.05) is 16.0 Å². The molecule has 0 aliphatic carbocycles. The Labute approximate surface area is 176 Å². The Hall–Kier alpha value is -3.74. The van der Waals surface area contributed by atoms with E-state index in [4.69, 9.17) is 0 Å². The summed E-state index contributed by atoms with van der Waals surface area (Å²) in [6.07, 6.45) is 2.55. The predicted molar refractivity (Wildman–Crippen MR) is 119 cm³/mol. The Morgan fingerprint density at radius 2 is 1.67 bits per heavy atom. The number of nitrogens with one attached hydrogen (secondary N) is 3. The molecule has 2 aromatic carbocycles. The molecule has 30 heavy (non-hydrogen) atoms. The summed E-state index contributed by atoms with van der Waals surface area (Å²) in [5.74, 6) is 0.466. The fourth-order valence-electron chi connectivity index (χ4n) is 3.04. The van der Waals surface area contributed by atoms with Crippen LogP contribution >= 0.6 is 0 Å². The second kappa shape index (κ2) is 9.65. The molecule has 3 aromatic rings. The van der Waals surface area contributed by atoms with Gasteiger partial charge in [-0.15, -0.1) is 0 Å². The number of hydrogen-bond acceptors (Lipinski definition) is 5. The van der Waals surface area contributed by atoms with Crippen LogP contribution in [0.3, 0.4) is 0 Å². The second-order valence-corrected chi connectivity index (χ2v) is 7.00. The zero-order valence-corrected chi connectivity index (χ0v) is 17.3. The molecular formula is C23H25N5O2. The summed E-state index contributed by atoms with van der Waals surface area (Å²) < 4.78 is 0. The summed E-state index contributed by atoms with van der Waals surface area (Å²) in [5.41, 5.74) is 5.10. The number of carbonyl (C=O) groups excluding carboxylic acids is 2. The number of benzene rings is 2. The summed E-state index contributed by atoms with van der Waals surface area (Å²) >= 11 is 0. The summed E-state index contributed by atoms with van der Waals surface area (Å²) in [5, 5.41) is 8.97. The minimum Gasteiger partial charge on any atom is -0.340 e. The highest BCUT2D eigenvalue weighted by molar-refractivity contribution is 5.94. The smallest absolute Gasteiger partial charge is 0.228 e. The molecule has 0 radical (unpaired) electrons. The summed E-state index contributed by atoms with van der Waals surface area (Å²) in [7, 11) is 0. The molecule has 0 atom stereocenters. The third-order valence-electron chi connectivity index (χ3n) is 4.48. The van der Waals surface area contributed by atoms with Crippen molar-refractivity contribution in [2.45, 2.75) is 33.6 Å². The maximum Gasteiger partial charge on any atom is 0.228 e. The normalized spacial score (nSPS) is 10.4. The third-order valence-corrected chi connectivity index (χ3v) is 4.48. The van der Waals surface area contributed by atoms with Gasteiger partial charge in [-0.05, 0) is 48.7 Å². The van der Waals surface area contributed by atoms with Crippen molar-refractivity contribution in [1.29, 1.82) is 0 Å². The zero-order valence-electron chi connectivity index (χ0n) is 17.3. The topological polar surface area (TPSA) is 96.0 Å². The quantitative estimate of drug-likeness (QED) is 0.549. The molecule has 0 bridgehead atoms. The fraction of sp³-hybridized carbons (Fsp3) is 0.217. The molecule has 7 nitrogen and oxygen atoms in total. The first kappa shape index (κ1) is 21.0. The van der Waals surface area contributed by atoms with Gasteiger partial charge in [-0.1, -0.05) is 25.1 Å². The average Bonchev–Trinajstić information content (AvgIpc) is 2.69. The Morgan fingerprint density at radius 3 is 2.33 bits per heavy atom. The highest BCUT2D eigenvalue weighted by atomic mass is 16.2. The van der Waals surface area contributed by atoms with Crippen LogP contribution in [0.5, 0.6) is 0 Å². The predicted octanol–water partition coefficient (Wildman–Crippen LogP) is 4.23. The van der Waals surface area contributed by atoms with E-state index >= 15 is 0 Å². The van der Waals surface area contributed by atoms with Gasteiger partial charge in [0.2, 0.25) is 11.8 Å². The van der Waals surface area contributed by atoms with Crippen LogP contribution in [0.25, 0.3) is 0 Å². The van der Waals surface area contributed by atoms with Crippen LogP contribution in [-0.2, 0) is 22.4 Å². The van der Waals surface area contributed by atoms with Gasteiger partial charge < -0.3 is 16.0 Å². The van der Waals surface area contributed by atoms with E-state index in [1.807, 2.05) is 50.2 Å². The van der Waals surface area contributed by atoms with E-state index in [1.54, 1.807) is 12.1 Å². The minimum absolute atomic E-state index is 0.105. The van der Waals surface area contributed by atoms with Crippen LogP contribution in [0.2, 0.25) is 0 Å². The van der Waals surface area contributed by atoms with Crippen molar-refractivity contribution in [3.63, 3.8) is 0 Å². The van der Waals surface area contributed by atoms with Crippen LogP contribution in [-0.4, -0.2) is 21.8 Å². The van der Waals surface area contributed by atoms with Gasteiger partial charge in [0, 0.05) is 35.7 Å². The van der Waals surface area contributed by atoms with Crippen LogP contribution in [0.1, 0.15) is 30.7 Å². The average molecular weight is 403 g/mol. The monoisotopic (exact) mass is 403 g/mol.